The molecule has 0 radical (unpaired) electrons. The number of nitrogens with two attached hydrogens (primary N) is 1. The lowest BCUT2D eigenvalue weighted by Crippen LogP contribution is -2.09. The Balaban J connectivity index is 2.02. The summed E-state index contributed by atoms with van der Waals surface area (Å²) in [6.07, 6.45) is 1.70. The molecule has 4 N–H and O–H groups in total. The molecular formula is C12H15N5. The molecule has 0 saturated carbocycles. The zero-order chi connectivity index (χ0) is 12.1. The van der Waals surface area contributed by atoms with Gasteiger partial charge in [-0.1, -0.05) is 6.07 Å². The van der Waals surface area contributed by atoms with Crippen LogP contribution in [0.25, 0.3) is 0 Å². The Kier molecular flexibility index (Phi) is 3.52. The molecule has 2 aromatic rings. The summed E-state index contributed by atoms with van der Waals surface area (Å²) in [5, 5.41) is 3.26. The van der Waals surface area contributed by atoms with Crippen molar-refractivity contribution in [3.63, 3.8) is 0 Å². The molecule has 0 bridgehead atoms. The van der Waals surface area contributed by atoms with E-state index in [1.54, 1.807) is 6.20 Å². The predicted octanol–water partition coefficient (Wildman–Crippen LogP) is 1.68. The number of hydrogen-bond acceptors (Lipinski definition) is 5. The highest BCUT2D eigenvalue weighted by Crippen LogP contribution is 2.11. The van der Waals surface area contributed by atoms with Gasteiger partial charge in [0.05, 0.1) is 12.2 Å². The minimum absolute atomic E-state index is 0.632. The number of pyridine rings is 2. The van der Waals surface area contributed by atoms with E-state index in [0.29, 0.717) is 12.4 Å². The third-order valence-electron chi connectivity index (χ3n) is 2.33. The van der Waals surface area contributed by atoms with Crippen molar-refractivity contribution in [1.29, 1.82) is 0 Å². The van der Waals surface area contributed by atoms with Crippen molar-refractivity contribution in [1.82, 2.24) is 9.97 Å². The summed E-state index contributed by atoms with van der Waals surface area (Å²) in [7, 11) is 0. The maximum absolute atomic E-state index is 5.29. The molecule has 0 aliphatic heterocycles. The van der Waals surface area contributed by atoms with Gasteiger partial charge < -0.3 is 10.7 Å². The van der Waals surface area contributed by atoms with Crippen LogP contribution in [-0.4, -0.2) is 9.97 Å². The Morgan fingerprint density at radius 1 is 1.29 bits per heavy atom. The van der Waals surface area contributed by atoms with Crippen molar-refractivity contribution in [2.24, 2.45) is 5.84 Å². The van der Waals surface area contributed by atoms with Crippen LogP contribution in [0.1, 0.15) is 11.4 Å². The monoisotopic (exact) mass is 229 g/mol. The van der Waals surface area contributed by atoms with Crippen molar-refractivity contribution >= 4 is 11.5 Å². The van der Waals surface area contributed by atoms with Gasteiger partial charge in [-0.3, -0.25) is 4.98 Å². The minimum atomic E-state index is 0.632. The van der Waals surface area contributed by atoms with Gasteiger partial charge in [0.15, 0.2) is 0 Å². The van der Waals surface area contributed by atoms with Crippen LogP contribution in [0.2, 0.25) is 0 Å². The topological polar surface area (TPSA) is 75.9 Å². The van der Waals surface area contributed by atoms with Crippen molar-refractivity contribution < 1.29 is 0 Å². The number of aromatic nitrogens is 2. The Hall–Kier alpha value is -2.14. The molecule has 88 valence electrons. The van der Waals surface area contributed by atoms with E-state index in [4.69, 9.17) is 5.84 Å². The number of hydrazine groups is 1. The van der Waals surface area contributed by atoms with E-state index in [9.17, 15) is 0 Å². The van der Waals surface area contributed by atoms with Crippen LogP contribution < -0.4 is 16.6 Å². The number of aryl methyl sites for hydroxylation is 1. The van der Waals surface area contributed by atoms with Crippen molar-refractivity contribution in [3.8, 4) is 0 Å². The van der Waals surface area contributed by atoms with Gasteiger partial charge in [0.1, 0.15) is 5.82 Å². The summed E-state index contributed by atoms with van der Waals surface area (Å²) in [5.74, 6) is 5.92. The minimum Gasteiger partial charge on any atom is -0.379 e. The lowest BCUT2D eigenvalue weighted by Gasteiger charge is -2.07. The van der Waals surface area contributed by atoms with E-state index < -0.39 is 0 Å². The number of nitrogens with one attached hydrogen (secondary N) is 2. The van der Waals surface area contributed by atoms with E-state index in [-0.39, 0.29) is 0 Å². The van der Waals surface area contributed by atoms with Crippen LogP contribution in [0.15, 0.2) is 36.5 Å². The zero-order valence-corrected chi connectivity index (χ0v) is 9.64. The number of nitrogen functional groups attached to an aromatic ring is 1. The molecule has 17 heavy (non-hydrogen) atoms. The molecule has 0 amide bonds. The average Bonchev–Trinajstić information content (AvgIpc) is 2.37. The molecule has 2 aromatic heterocycles. The van der Waals surface area contributed by atoms with Crippen LogP contribution in [0.4, 0.5) is 11.5 Å². The highest BCUT2D eigenvalue weighted by Gasteiger charge is 1.97. The summed E-state index contributed by atoms with van der Waals surface area (Å²) < 4.78 is 0. The maximum Gasteiger partial charge on any atom is 0.141 e. The SMILES string of the molecule is Cc1cccc(CNc2ccnc(NN)c2)n1. The average molecular weight is 229 g/mol. The number of rotatable bonds is 4. The molecule has 0 fully saturated rings. The summed E-state index contributed by atoms with van der Waals surface area (Å²) in [6.45, 7) is 2.65. The van der Waals surface area contributed by atoms with Gasteiger partial charge in [-0.05, 0) is 25.1 Å². The van der Waals surface area contributed by atoms with E-state index in [1.807, 2.05) is 37.3 Å². The van der Waals surface area contributed by atoms with E-state index in [1.165, 1.54) is 0 Å². The molecule has 5 nitrogen and oxygen atoms in total. The van der Waals surface area contributed by atoms with Crippen LogP contribution in [-0.2, 0) is 6.54 Å². The van der Waals surface area contributed by atoms with Crippen LogP contribution >= 0.6 is 0 Å². The van der Waals surface area contributed by atoms with Gasteiger partial charge in [0.25, 0.3) is 0 Å². The van der Waals surface area contributed by atoms with E-state index >= 15 is 0 Å². The van der Waals surface area contributed by atoms with E-state index in [2.05, 4.69) is 20.7 Å². The number of nitrogens with zero attached hydrogens (tertiary/aromatic N) is 2. The van der Waals surface area contributed by atoms with Gasteiger partial charge in [-0.15, -0.1) is 0 Å². The number of anilines is 2. The fraction of sp³-hybridized carbons (Fsp3) is 0.167. The lowest BCUT2D eigenvalue weighted by atomic mass is 10.3. The molecule has 5 heteroatoms. The van der Waals surface area contributed by atoms with Gasteiger partial charge >= 0.3 is 0 Å². The molecule has 0 aliphatic rings. The summed E-state index contributed by atoms with van der Waals surface area (Å²) >= 11 is 0. The van der Waals surface area contributed by atoms with E-state index in [0.717, 1.165) is 17.1 Å². The van der Waals surface area contributed by atoms with Crippen molar-refractivity contribution in [3.05, 3.63) is 47.9 Å². The van der Waals surface area contributed by atoms with Gasteiger partial charge in [-0.25, -0.2) is 10.8 Å². The standard InChI is InChI=1S/C12H15N5/c1-9-3-2-4-11(16-9)8-15-10-5-6-14-12(7-10)17-13/h2-7H,8,13H2,1H3,(H2,14,15,17). The first-order valence-electron chi connectivity index (χ1n) is 5.37. The lowest BCUT2D eigenvalue weighted by molar-refractivity contribution is 1.01. The van der Waals surface area contributed by atoms with Crippen LogP contribution in [0.3, 0.4) is 0 Å². The Morgan fingerprint density at radius 3 is 2.94 bits per heavy atom. The second-order valence-electron chi connectivity index (χ2n) is 3.70. The summed E-state index contributed by atoms with van der Waals surface area (Å²) in [4.78, 5) is 8.45. The highest BCUT2D eigenvalue weighted by molar-refractivity contribution is 5.51. The first-order chi connectivity index (χ1) is 8.28. The Labute approximate surface area is 100 Å². The quantitative estimate of drug-likeness (QED) is 0.549. The predicted molar refractivity (Wildman–Crippen MR) is 68.3 cm³/mol. The molecule has 0 saturated heterocycles. The molecule has 2 heterocycles. The summed E-state index contributed by atoms with van der Waals surface area (Å²) in [6, 6.07) is 9.70. The van der Waals surface area contributed by atoms with Gasteiger partial charge in [0, 0.05) is 23.6 Å². The van der Waals surface area contributed by atoms with Gasteiger partial charge in [-0.2, -0.15) is 0 Å². The first-order valence-corrected chi connectivity index (χ1v) is 5.37. The largest absolute Gasteiger partial charge is 0.379 e. The molecule has 2 rings (SSSR count). The first kappa shape index (κ1) is 11.3. The third kappa shape index (κ3) is 3.15. The smallest absolute Gasteiger partial charge is 0.141 e. The Bertz CT molecular complexity index is 498. The van der Waals surface area contributed by atoms with Crippen molar-refractivity contribution in [2.45, 2.75) is 13.5 Å². The second kappa shape index (κ2) is 5.27. The molecule has 0 aromatic carbocycles. The molecular weight excluding hydrogens is 214 g/mol. The van der Waals surface area contributed by atoms with Crippen molar-refractivity contribution in [2.75, 3.05) is 10.7 Å². The fourth-order valence-electron chi connectivity index (χ4n) is 1.51. The molecule has 0 aliphatic carbocycles. The third-order valence-corrected chi connectivity index (χ3v) is 2.33. The highest BCUT2D eigenvalue weighted by atomic mass is 15.2. The second-order valence-corrected chi connectivity index (χ2v) is 3.70. The molecule has 0 atom stereocenters. The van der Waals surface area contributed by atoms with Gasteiger partial charge in [0.2, 0.25) is 0 Å². The Morgan fingerprint density at radius 2 is 2.18 bits per heavy atom. The fourth-order valence-corrected chi connectivity index (χ4v) is 1.51. The summed E-state index contributed by atoms with van der Waals surface area (Å²) in [5.41, 5.74) is 5.48. The maximum atomic E-state index is 5.29. The van der Waals surface area contributed by atoms with Crippen LogP contribution in [0.5, 0.6) is 0 Å². The van der Waals surface area contributed by atoms with Crippen LogP contribution in [0, 0.1) is 6.92 Å². The number of hydrogen-bond donors (Lipinski definition) is 3. The normalized spacial score (nSPS) is 10.0. The zero-order valence-electron chi connectivity index (χ0n) is 9.64. The molecule has 0 spiro atoms. The molecule has 0 unspecified atom stereocenters.